The van der Waals surface area contributed by atoms with Gasteiger partial charge in [0.05, 0.1) is 16.1 Å². The second-order valence-electron chi connectivity index (χ2n) is 9.61. The van der Waals surface area contributed by atoms with Gasteiger partial charge in [-0.05, 0) is 31.1 Å². The van der Waals surface area contributed by atoms with Crippen molar-refractivity contribution < 1.29 is 0 Å². The Kier molecular flexibility index (Phi) is 19.0. The Morgan fingerprint density at radius 1 is 0.600 bits per heavy atom. The minimum atomic E-state index is -1.07. The van der Waals surface area contributed by atoms with Crippen molar-refractivity contribution in [1.82, 2.24) is 0 Å². The molecule has 0 bridgehead atoms. The molecule has 1 nitrogen and oxygen atoms in total. The number of hydrogen-bond donors (Lipinski definition) is 0. The minimum Gasteiger partial charge on any atom is -0.298 e. The molecule has 0 aromatic rings. The van der Waals surface area contributed by atoms with Gasteiger partial charge in [0.2, 0.25) is 0 Å². The van der Waals surface area contributed by atoms with Crippen molar-refractivity contribution in [2.45, 2.75) is 134 Å². The lowest BCUT2D eigenvalue weighted by atomic mass is 10.1. The Balaban J connectivity index is 3.65. The molecule has 0 aliphatic rings. The summed E-state index contributed by atoms with van der Waals surface area (Å²) in [6.45, 7) is 18.6. The fraction of sp³-hybridized carbons (Fsp3) is 0.815. The molecule has 0 radical (unpaired) electrons. The maximum Gasteiger partial charge on any atom is 0.0571 e. The number of unbranched alkanes of at least 4 members (excludes halogenated alkanes) is 7. The van der Waals surface area contributed by atoms with E-state index in [1.54, 1.807) is 0 Å². The summed E-state index contributed by atoms with van der Waals surface area (Å²) < 4.78 is 0. The predicted molar refractivity (Wildman–Crippen MR) is 148 cm³/mol. The van der Waals surface area contributed by atoms with Gasteiger partial charge in [0.1, 0.15) is 0 Å². The van der Waals surface area contributed by atoms with Crippen molar-refractivity contribution in [2.75, 3.05) is 6.54 Å². The fourth-order valence-corrected chi connectivity index (χ4v) is 11.9. The molecule has 0 aliphatic heterocycles. The molecular formula is C27H55NSi2. The zero-order valence-electron chi connectivity index (χ0n) is 21.3. The summed E-state index contributed by atoms with van der Waals surface area (Å²) in [7, 11) is -2.07. The Morgan fingerprint density at radius 2 is 1.03 bits per heavy atom. The van der Waals surface area contributed by atoms with E-state index in [1.165, 1.54) is 106 Å². The first kappa shape index (κ1) is 29.6. The molecule has 0 aromatic heterocycles. The number of allylic oxidation sites excluding steroid dienone is 2. The van der Waals surface area contributed by atoms with Crippen LogP contribution in [-0.4, -0.2) is 28.9 Å². The summed E-state index contributed by atoms with van der Waals surface area (Å²) in [6, 6.07) is 11.2. The van der Waals surface area contributed by atoms with E-state index in [2.05, 4.69) is 64.2 Å². The SMILES string of the molecule is C=CC[Si](CC)(CC)CCC=NCCCCCCCCCC[Si](CC)(CC)CC=C. The van der Waals surface area contributed by atoms with E-state index in [0.29, 0.717) is 0 Å². The van der Waals surface area contributed by atoms with Crippen molar-refractivity contribution in [3.63, 3.8) is 0 Å². The van der Waals surface area contributed by atoms with E-state index in [4.69, 9.17) is 0 Å². The first-order valence-electron chi connectivity index (χ1n) is 13.3. The highest BCUT2D eigenvalue weighted by Crippen LogP contribution is 2.29. The van der Waals surface area contributed by atoms with Gasteiger partial charge in [-0.15, -0.1) is 13.2 Å². The van der Waals surface area contributed by atoms with Crippen molar-refractivity contribution in [1.29, 1.82) is 0 Å². The summed E-state index contributed by atoms with van der Waals surface area (Å²) in [5.41, 5.74) is 0. The first-order chi connectivity index (χ1) is 14.6. The lowest BCUT2D eigenvalue weighted by Gasteiger charge is -2.28. The van der Waals surface area contributed by atoms with Crippen molar-refractivity contribution >= 4 is 22.4 Å². The number of aliphatic imine (C=N–C) groups is 1. The van der Waals surface area contributed by atoms with Crippen LogP contribution in [0.2, 0.25) is 48.4 Å². The molecule has 0 aliphatic carbocycles. The molecule has 0 rings (SSSR count). The summed E-state index contributed by atoms with van der Waals surface area (Å²) in [5, 5.41) is 0. The third-order valence-electron chi connectivity index (χ3n) is 7.83. The molecule has 30 heavy (non-hydrogen) atoms. The average molecular weight is 450 g/mol. The topological polar surface area (TPSA) is 12.4 Å². The van der Waals surface area contributed by atoms with Crippen LogP contribution in [0.4, 0.5) is 0 Å². The predicted octanol–water partition coefficient (Wildman–Crippen LogP) is 9.92. The maximum absolute atomic E-state index is 4.68. The second-order valence-corrected chi connectivity index (χ2v) is 20.3. The van der Waals surface area contributed by atoms with Gasteiger partial charge in [-0.25, -0.2) is 0 Å². The third-order valence-corrected chi connectivity index (χ3v) is 18.9. The van der Waals surface area contributed by atoms with E-state index in [0.717, 1.165) is 6.54 Å². The Bertz CT molecular complexity index is 436. The lowest BCUT2D eigenvalue weighted by molar-refractivity contribution is 0.577. The van der Waals surface area contributed by atoms with Crippen LogP contribution >= 0.6 is 0 Å². The van der Waals surface area contributed by atoms with Gasteiger partial charge >= 0.3 is 0 Å². The molecule has 0 amide bonds. The fourth-order valence-electron chi connectivity index (χ4n) is 4.92. The van der Waals surface area contributed by atoms with Crippen molar-refractivity contribution in [3.05, 3.63) is 25.3 Å². The van der Waals surface area contributed by atoms with Crippen LogP contribution in [0.25, 0.3) is 0 Å². The van der Waals surface area contributed by atoms with Crippen LogP contribution in [0.5, 0.6) is 0 Å². The highest BCUT2D eigenvalue weighted by Gasteiger charge is 2.26. The second kappa shape index (κ2) is 19.3. The van der Waals surface area contributed by atoms with Crippen LogP contribution in [0.3, 0.4) is 0 Å². The summed E-state index contributed by atoms with van der Waals surface area (Å²) in [4.78, 5) is 4.68. The smallest absolute Gasteiger partial charge is 0.0571 e. The van der Waals surface area contributed by atoms with Gasteiger partial charge in [0.25, 0.3) is 0 Å². The normalized spacial score (nSPS) is 12.5. The summed E-state index contributed by atoms with van der Waals surface area (Å²) >= 11 is 0. The van der Waals surface area contributed by atoms with Crippen molar-refractivity contribution in [2.24, 2.45) is 4.99 Å². The van der Waals surface area contributed by atoms with Crippen molar-refractivity contribution in [3.8, 4) is 0 Å². The van der Waals surface area contributed by atoms with Crippen LogP contribution in [0.1, 0.15) is 85.5 Å². The van der Waals surface area contributed by atoms with Crippen LogP contribution in [0, 0.1) is 0 Å². The van der Waals surface area contributed by atoms with Gasteiger partial charge in [-0.2, -0.15) is 0 Å². The summed E-state index contributed by atoms with van der Waals surface area (Å²) in [5.74, 6) is 0. The van der Waals surface area contributed by atoms with E-state index < -0.39 is 16.1 Å². The molecule has 0 unspecified atom stereocenters. The van der Waals surface area contributed by atoms with E-state index in [-0.39, 0.29) is 0 Å². The zero-order valence-corrected chi connectivity index (χ0v) is 23.3. The van der Waals surface area contributed by atoms with Crippen LogP contribution < -0.4 is 0 Å². The molecule has 176 valence electrons. The number of hydrogen-bond acceptors (Lipinski definition) is 1. The lowest BCUT2D eigenvalue weighted by Crippen LogP contribution is -2.31. The molecule has 0 aromatic carbocycles. The average Bonchev–Trinajstić information content (AvgIpc) is 2.77. The standard InChI is InChI=1S/C27H55NSi2/c1-7-24-29(9-3,10-4)26-20-18-16-14-13-15-17-19-22-28-23-21-27-30(11-5,12-6)25-8-2/h7-8,23H,1-2,9-22,24-27H2,3-6H3. The highest BCUT2D eigenvalue weighted by atomic mass is 28.3. The Morgan fingerprint density at radius 3 is 1.50 bits per heavy atom. The molecule has 0 fully saturated rings. The van der Waals surface area contributed by atoms with E-state index >= 15 is 0 Å². The van der Waals surface area contributed by atoms with Gasteiger partial charge in [0, 0.05) is 6.54 Å². The Hall–Kier alpha value is -0.416. The van der Waals surface area contributed by atoms with Crippen LogP contribution in [-0.2, 0) is 0 Å². The Labute approximate surface area is 193 Å². The molecule has 0 spiro atoms. The van der Waals surface area contributed by atoms with Gasteiger partial charge in [-0.1, -0.05) is 121 Å². The highest BCUT2D eigenvalue weighted by molar-refractivity contribution is 6.80. The first-order valence-corrected chi connectivity index (χ1v) is 18.9. The van der Waals surface area contributed by atoms with Gasteiger partial charge in [-0.3, -0.25) is 4.99 Å². The van der Waals surface area contributed by atoms with Crippen LogP contribution in [0.15, 0.2) is 30.3 Å². The number of nitrogens with zero attached hydrogens (tertiary/aromatic N) is 1. The van der Waals surface area contributed by atoms with Gasteiger partial charge < -0.3 is 0 Å². The maximum atomic E-state index is 4.68. The monoisotopic (exact) mass is 449 g/mol. The van der Waals surface area contributed by atoms with E-state index in [1.807, 2.05) is 0 Å². The quantitative estimate of drug-likeness (QED) is 0.0674. The molecule has 0 atom stereocenters. The number of rotatable bonds is 22. The molecule has 0 saturated carbocycles. The minimum absolute atomic E-state index is 0.997. The van der Waals surface area contributed by atoms with E-state index in [9.17, 15) is 0 Å². The largest absolute Gasteiger partial charge is 0.298 e. The van der Waals surface area contributed by atoms with Gasteiger partial charge in [0.15, 0.2) is 0 Å². The molecule has 0 saturated heterocycles. The molecule has 0 N–H and O–H groups in total. The molecule has 0 heterocycles. The molecule has 3 heteroatoms. The third kappa shape index (κ3) is 13.1. The zero-order chi connectivity index (χ0) is 22.6. The molecular weight excluding hydrogens is 394 g/mol. The summed E-state index contributed by atoms with van der Waals surface area (Å²) in [6.07, 6.45) is 19.0.